The molecule has 1 heterocycles. The van der Waals surface area contributed by atoms with E-state index in [0.29, 0.717) is 38.0 Å². The number of aliphatic imine (C=N–C) groups is 1. The number of benzene rings is 2. The fraction of sp³-hybridized carbons (Fsp3) is 0.458. The number of hydrogen-bond donors (Lipinski definition) is 2. The molecule has 1 aliphatic rings. The van der Waals surface area contributed by atoms with E-state index in [2.05, 4.69) is 27.8 Å². The van der Waals surface area contributed by atoms with Gasteiger partial charge in [0.1, 0.15) is 24.2 Å². The normalized spacial score (nSPS) is 16.3. The standard InChI is InChI=1S/C24H31F2N3O3/c1-3-27-24(28-13-18-5-4-6-20(12-18)31-16-23(25)26)29-14-19-8-7-17(2)11-22(19)32-21-9-10-30-15-21/h4-8,11-12,21,23H,3,9-10,13-16H2,1-2H3,(H2,27,28,29). The highest BCUT2D eigenvalue weighted by Crippen LogP contribution is 2.24. The maximum absolute atomic E-state index is 12.4. The Morgan fingerprint density at radius 1 is 1.22 bits per heavy atom. The van der Waals surface area contributed by atoms with Gasteiger partial charge in [-0.25, -0.2) is 13.8 Å². The third-order valence-electron chi connectivity index (χ3n) is 4.89. The first kappa shape index (κ1) is 23.8. The van der Waals surface area contributed by atoms with Gasteiger partial charge in [0, 0.05) is 25.1 Å². The molecule has 1 fully saturated rings. The summed E-state index contributed by atoms with van der Waals surface area (Å²) in [5.74, 6) is 1.92. The summed E-state index contributed by atoms with van der Waals surface area (Å²) in [6, 6.07) is 13.2. The Bertz CT molecular complexity index is 887. The van der Waals surface area contributed by atoms with E-state index >= 15 is 0 Å². The lowest BCUT2D eigenvalue weighted by molar-refractivity contribution is 0.0818. The van der Waals surface area contributed by atoms with Gasteiger partial charge in [0.05, 0.1) is 19.8 Å². The lowest BCUT2D eigenvalue weighted by atomic mass is 10.1. The second kappa shape index (κ2) is 12.2. The summed E-state index contributed by atoms with van der Waals surface area (Å²) in [5, 5.41) is 6.57. The summed E-state index contributed by atoms with van der Waals surface area (Å²) in [6.45, 7) is 6.41. The molecule has 6 nitrogen and oxygen atoms in total. The van der Waals surface area contributed by atoms with Crippen LogP contribution in [0.25, 0.3) is 0 Å². The van der Waals surface area contributed by atoms with Gasteiger partial charge in [0.25, 0.3) is 6.43 Å². The maximum atomic E-state index is 12.4. The first-order chi connectivity index (χ1) is 15.5. The fourth-order valence-electron chi connectivity index (χ4n) is 3.29. The highest BCUT2D eigenvalue weighted by molar-refractivity contribution is 5.79. The van der Waals surface area contributed by atoms with Crippen LogP contribution in [0.15, 0.2) is 47.5 Å². The Morgan fingerprint density at radius 2 is 2.09 bits per heavy atom. The zero-order valence-corrected chi connectivity index (χ0v) is 18.6. The summed E-state index contributed by atoms with van der Waals surface area (Å²) in [5.41, 5.74) is 3.04. The van der Waals surface area contributed by atoms with Crippen LogP contribution in [0.1, 0.15) is 30.0 Å². The molecule has 2 aromatic carbocycles. The molecule has 1 unspecified atom stereocenters. The first-order valence-corrected chi connectivity index (χ1v) is 10.9. The Hall–Kier alpha value is -2.87. The van der Waals surface area contributed by atoms with E-state index < -0.39 is 13.0 Å². The van der Waals surface area contributed by atoms with Crippen molar-refractivity contribution in [1.29, 1.82) is 0 Å². The maximum Gasteiger partial charge on any atom is 0.272 e. The molecule has 8 heteroatoms. The van der Waals surface area contributed by atoms with Crippen LogP contribution in [0.2, 0.25) is 0 Å². The monoisotopic (exact) mass is 447 g/mol. The van der Waals surface area contributed by atoms with E-state index in [4.69, 9.17) is 14.2 Å². The minimum absolute atomic E-state index is 0.0806. The van der Waals surface area contributed by atoms with Gasteiger partial charge >= 0.3 is 0 Å². The molecule has 0 radical (unpaired) electrons. The van der Waals surface area contributed by atoms with Crippen molar-refractivity contribution < 1.29 is 23.0 Å². The lowest BCUT2D eigenvalue weighted by Crippen LogP contribution is -2.37. The van der Waals surface area contributed by atoms with Crippen LogP contribution in [-0.4, -0.2) is 44.9 Å². The highest BCUT2D eigenvalue weighted by atomic mass is 19.3. The lowest BCUT2D eigenvalue weighted by Gasteiger charge is -2.18. The number of rotatable bonds is 10. The Balaban J connectivity index is 1.63. The van der Waals surface area contributed by atoms with Gasteiger partial charge in [0.2, 0.25) is 0 Å². The van der Waals surface area contributed by atoms with Crippen LogP contribution in [0.3, 0.4) is 0 Å². The van der Waals surface area contributed by atoms with Crippen molar-refractivity contribution in [1.82, 2.24) is 10.6 Å². The molecule has 32 heavy (non-hydrogen) atoms. The van der Waals surface area contributed by atoms with Crippen molar-refractivity contribution in [3.63, 3.8) is 0 Å². The number of halogens is 2. The molecule has 2 N–H and O–H groups in total. The van der Waals surface area contributed by atoms with Gasteiger partial charge < -0.3 is 24.8 Å². The third kappa shape index (κ3) is 7.67. The zero-order chi connectivity index (χ0) is 22.8. The van der Waals surface area contributed by atoms with E-state index in [1.807, 2.05) is 26.0 Å². The molecule has 0 spiro atoms. The second-order valence-electron chi connectivity index (χ2n) is 7.61. The van der Waals surface area contributed by atoms with Gasteiger partial charge in [-0.3, -0.25) is 0 Å². The number of nitrogens with one attached hydrogen (secondary N) is 2. The van der Waals surface area contributed by atoms with Crippen molar-refractivity contribution in [3.8, 4) is 11.5 Å². The molecule has 3 rings (SSSR count). The van der Waals surface area contributed by atoms with E-state index in [1.54, 1.807) is 18.2 Å². The molecule has 0 amide bonds. The van der Waals surface area contributed by atoms with Crippen molar-refractivity contribution >= 4 is 5.96 Å². The van der Waals surface area contributed by atoms with E-state index in [1.165, 1.54) is 0 Å². The summed E-state index contributed by atoms with van der Waals surface area (Å²) < 4.78 is 41.4. The number of hydrogen-bond acceptors (Lipinski definition) is 4. The second-order valence-corrected chi connectivity index (χ2v) is 7.61. The molecule has 0 aliphatic carbocycles. The molecule has 1 aliphatic heterocycles. The molecule has 174 valence electrons. The molecule has 1 atom stereocenters. The largest absolute Gasteiger partial charge is 0.488 e. The summed E-state index contributed by atoms with van der Waals surface area (Å²) >= 11 is 0. The molecule has 0 aromatic heterocycles. The smallest absolute Gasteiger partial charge is 0.272 e. The predicted octanol–water partition coefficient (Wildman–Crippen LogP) is 4.06. The van der Waals surface area contributed by atoms with Crippen molar-refractivity contribution in [2.75, 3.05) is 26.4 Å². The molecular weight excluding hydrogens is 416 g/mol. The van der Waals surface area contributed by atoms with Crippen LogP contribution in [0.4, 0.5) is 8.78 Å². The van der Waals surface area contributed by atoms with Gasteiger partial charge in [-0.15, -0.1) is 0 Å². The molecule has 1 saturated heterocycles. The van der Waals surface area contributed by atoms with Crippen molar-refractivity contribution in [2.24, 2.45) is 4.99 Å². The molecular formula is C24H31F2N3O3. The summed E-state index contributed by atoms with van der Waals surface area (Å²) in [6.07, 6.45) is -1.53. The van der Waals surface area contributed by atoms with Crippen molar-refractivity contribution in [3.05, 3.63) is 59.2 Å². The Morgan fingerprint density at radius 3 is 2.84 bits per heavy atom. The molecule has 0 bridgehead atoms. The number of ether oxygens (including phenoxy) is 3. The average molecular weight is 448 g/mol. The van der Waals surface area contributed by atoms with Crippen LogP contribution in [0.5, 0.6) is 11.5 Å². The topological polar surface area (TPSA) is 64.1 Å². The van der Waals surface area contributed by atoms with Crippen LogP contribution in [-0.2, 0) is 17.8 Å². The summed E-state index contributed by atoms with van der Waals surface area (Å²) in [4.78, 5) is 4.62. The SMILES string of the molecule is CCNC(=NCc1cccc(OCC(F)F)c1)NCc1ccc(C)cc1OC1CCOC1. The quantitative estimate of drug-likeness (QED) is 0.425. The van der Waals surface area contributed by atoms with Gasteiger partial charge in [-0.05, 0) is 43.2 Å². The van der Waals surface area contributed by atoms with E-state index in [-0.39, 0.29) is 6.10 Å². The first-order valence-electron chi connectivity index (χ1n) is 10.9. The number of nitrogens with zero attached hydrogens (tertiary/aromatic N) is 1. The minimum Gasteiger partial charge on any atom is -0.488 e. The van der Waals surface area contributed by atoms with Gasteiger partial charge in [-0.2, -0.15) is 0 Å². The zero-order valence-electron chi connectivity index (χ0n) is 18.6. The van der Waals surface area contributed by atoms with Crippen molar-refractivity contribution in [2.45, 2.75) is 45.9 Å². The van der Waals surface area contributed by atoms with Crippen LogP contribution in [0, 0.1) is 6.92 Å². The minimum atomic E-state index is -2.50. The fourth-order valence-corrected chi connectivity index (χ4v) is 3.29. The third-order valence-corrected chi connectivity index (χ3v) is 4.89. The Kier molecular flexibility index (Phi) is 9.10. The highest BCUT2D eigenvalue weighted by Gasteiger charge is 2.18. The van der Waals surface area contributed by atoms with Gasteiger partial charge in [-0.1, -0.05) is 24.3 Å². The number of alkyl halides is 2. The average Bonchev–Trinajstić information content (AvgIpc) is 3.29. The van der Waals surface area contributed by atoms with E-state index in [0.717, 1.165) is 35.5 Å². The van der Waals surface area contributed by atoms with Gasteiger partial charge in [0.15, 0.2) is 5.96 Å². The molecule has 0 saturated carbocycles. The summed E-state index contributed by atoms with van der Waals surface area (Å²) in [7, 11) is 0. The number of guanidine groups is 1. The van der Waals surface area contributed by atoms with Crippen LogP contribution < -0.4 is 20.1 Å². The number of aryl methyl sites for hydroxylation is 1. The van der Waals surface area contributed by atoms with Crippen LogP contribution >= 0.6 is 0 Å². The Labute approximate surface area is 188 Å². The van der Waals surface area contributed by atoms with E-state index in [9.17, 15) is 8.78 Å². The molecule has 2 aromatic rings. The predicted molar refractivity (Wildman–Crippen MR) is 121 cm³/mol.